The summed E-state index contributed by atoms with van der Waals surface area (Å²) in [5, 5.41) is 10.0. The van der Waals surface area contributed by atoms with Crippen molar-refractivity contribution in [3.8, 4) is 0 Å². The number of allylic oxidation sites excluding steroid dienone is 6. The molecule has 1 fully saturated rings. The van der Waals surface area contributed by atoms with Gasteiger partial charge >= 0.3 is 17.9 Å². The van der Waals surface area contributed by atoms with Gasteiger partial charge in [-0.1, -0.05) is 58.1 Å². The Morgan fingerprint density at radius 3 is 1.65 bits per heavy atom. The zero-order chi connectivity index (χ0) is 23.1. The second-order valence-electron chi connectivity index (χ2n) is 6.93. The van der Waals surface area contributed by atoms with Crippen LogP contribution in [0.25, 0.3) is 0 Å². The van der Waals surface area contributed by atoms with Gasteiger partial charge in [0.2, 0.25) is 0 Å². The Labute approximate surface area is 181 Å². The lowest BCUT2D eigenvalue weighted by atomic mass is 10.1. The van der Waals surface area contributed by atoms with Gasteiger partial charge in [-0.25, -0.2) is 14.4 Å². The predicted molar refractivity (Wildman–Crippen MR) is 111 cm³/mol. The molecule has 1 N–H and O–H groups in total. The van der Waals surface area contributed by atoms with E-state index in [9.17, 15) is 19.5 Å². The number of aliphatic hydroxyl groups is 1. The van der Waals surface area contributed by atoms with Crippen molar-refractivity contribution in [3.05, 3.63) is 59.6 Å². The molecule has 8 heteroatoms. The molecule has 8 nitrogen and oxygen atoms in total. The molecule has 2 heterocycles. The Hall–Kier alpha value is -3.29. The normalized spacial score (nSPS) is 20.8. The van der Waals surface area contributed by atoms with E-state index >= 15 is 0 Å². The lowest BCUT2D eigenvalue weighted by Gasteiger charge is -2.34. The van der Waals surface area contributed by atoms with Gasteiger partial charge in [-0.2, -0.15) is 0 Å². The third-order valence-corrected chi connectivity index (χ3v) is 5.13. The minimum Gasteiger partial charge on any atom is -0.480 e. The van der Waals surface area contributed by atoms with E-state index in [4.69, 9.17) is 18.9 Å². The number of carbonyl (C=O) groups excluding carboxylic acids is 3. The Balaban J connectivity index is 1.99. The van der Waals surface area contributed by atoms with Crippen molar-refractivity contribution in [2.75, 3.05) is 0 Å². The van der Waals surface area contributed by atoms with Gasteiger partial charge in [-0.05, 0) is 12.2 Å². The highest BCUT2D eigenvalue weighted by Crippen LogP contribution is 2.32. The molecule has 0 aromatic heterocycles. The van der Waals surface area contributed by atoms with E-state index in [0.717, 1.165) is 0 Å². The second-order valence-corrected chi connectivity index (χ2v) is 6.93. The smallest absolute Gasteiger partial charge is 0.348 e. The van der Waals surface area contributed by atoms with Crippen LogP contribution < -0.4 is 0 Å². The second kappa shape index (κ2) is 10.1. The van der Waals surface area contributed by atoms with Crippen LogP contribution in [-0.2, 0) is 33.3 Å². The van der Waals surface area contributed by atoms with Crippen LogP contribution in [0.5, 0.6) is 0 Å². The average molecular weight is 432 g/mol. The maximum absolute atomic E-state index is 12.1. The summed E-state index contributed by atoms with van der Waals surface area (Å²) in [4.78, 5) is 36.3. The molecule has 0 amide bonds. The average Bonchev–Trinajstić information content (AvgIpc) is 2.75. The maximum Gasteiger partial charge on any atom is 0.348 e. The Bertz CT molecular complexity index is 842. The molecule has 0 aromatic rings. The summed E-state index contributed by atoms with van der Waals surface area (Å²) in [6.07, 6.45) is 12.0. The first-order valence-electron chi connectivity index (χ1n) is 10.3. The fourth-order valence-electron chi connectivity index (χ4n) is 2.96. The minimum absolute atomic E-state index is 0.0868. The standard InChI is InChI=1S/C23H28O8/c1-5-22(6-2)28-18(24)16(19(25)29-22)14-12-10-9-11-13-15-17-20(26)30-23(7-3,8-4)31-21(17)27/h9-15,24H,5-8H2,1-4H3/b10-9+,13-11+,14-12+. The van der Waals surface area contributed by atoms with Gasteiger partial charge in [0.15, 0.2) is 0 Å². The fraction of sp³-hybridized carbons (Fsp3) is 0.435. The maximum atomic E-state index is 12.1. The molecule has 0 spiro atoms. The van der Waals surface area contributed by atoms with Crippen molar-refractivity contribution in [3.63, 3.8) is 0 Å². The highest BCUT2D eigenvalue weighted by molar-refractivity contribution is 6.15. The lowest BCUT2D eigenvalue weighted by molar-refractivity contribution is -0.240. The molecule has 0 radical (unpaired) electrons. The number of rotatable bonds is 8. The molecule has 168 valence electrons. The van der Waals surface area contributed by atoms with Crippen molar-refractivity contribution >= 4 is 17.9 Å². The van der Waals surface area contributed by atoms with Crippen LogP contribution in [0.1, 0.15) is 53.4 Å². The predicted octanol–water partition coefficient (Wildman–Crippen LogP) is 4.06. The third kappa shape index (κ3) is 5.45. The monoisotopic (exact) mass is 432 g/mol. The van der Waals surface area contributed by atoms with Crippen LogP contribution in [0.4, 0.5) is 0 Å². The molecular weight excluding hydrogens is 404 g/mol. The number of carbonyl (C=O) groups is 3. The molecule has 1 saturated heterocycles. The van der Waals surface area contributed by atoms with Gasteiger partial charge in [-0.15, -0.1) is 0 Å². The van der Waals surface area contributed by atoms with E-state index in [1.165, 1.54) is 24.3 Å². The van der Waals surface area contributed by atoms with E-state index in [1.807, 2.05) is 0 Å². The van der Waals surface area contributed by atoms with Crippen LogP contribution in [0.15, 0.2) is 59.6 Å². The number of cyclic esters (lactones) is 3. The van der Waals surface area contributed by atoms with Crippen LogP contribution >= 0.6 is 0 Å². The van der Waals surface area contributed by atoms with Crippen molar-refractivity contribution in [2.24, 2.45) is 0 Å². The molecule has 0 bridgehead atoms. The molecule has 0 atom stereocenters. The van der Waals surface area contributed by atoms with Crippen LogP contribution in [0.3, 0.4) is 0 Å². The number of hydrogen-bond donors (Lipinski definition) is 1. The van der Waals surface area contributed by atoms with Gasteiger partial charge in [0.25, 0.3) is 17.5 Å². The van der Waals surface area contributed by atoms with Crippen LogP contribution in [0.2, 0.25) is 0 Å². The minimum atomic E-state index is -1.20. The first-order chi connectivity index (χ1) is 14.7. The number of esters is 3. The summed E-state index contributed by atoms with van der Waals surface area (Å²) >= 11 is 0. The largest absolute Gasteiger partial charge is 0.480 e. The van der Waals surface area contributed by atoms with Gasteiger partial charge in [0, 0.05) is 25.7 Å². The molecular formula is C23H28O8. The number of ether oxygens (including phenoxy) is 4. The highest BCUT2D eigenvalue weighted by atomic mass is 16.8. The van der Waals surface area contributed by atoms with Gasteiger partial charge in [0.1, 0.15) is 11.1 Å². The van der Waals surface area contributed by atoms with Crippen LogP contribution in [-0.4, -0.2) is 34.6 Å². The van der Waals surface area contributed by atoms with Crippen molar-refractivity contribution < 1.29 is 38.4 Å². The van der Waals surface area contributed by atoms with E-state index in [0.29, 0.717) is 25.7 Å². The Morgan fingerprint density at radius 2 is 1.13 bits per heavy atom. The van der Waals surface area contributed by atoms with Crippen molar-refractivity contribution in [2.45, 2.75) is 65.0 Å². The first-order valence-corrected chi connectivity index (χ1v) is 10.3. The van der Waals surface area contributed by atoms with Gasteiger partial charge in [0.05, 0.1) is 0 Å². The summed E-state index contributed by atoms with van der Waals surface area (Å²) in [6.45, 7) is 7.14. The van der Waals surface area contributed by atoms with E-state index < -0.39 is 35.4 Å². The SMILES string of the molecule is CCC1(CC)OC(=O)C(=C/C=C/C=C/C=C/C2=C(O)OC(CC)(CC)OC2=O)C(=O)O1. The van der Waals surface area contributed by atoms with Gasteiger partial charge < -0.3 is 24.1 Å². The lowest BCUT2D eigenvalue weighted by Crippen LogP contribution is -2.45. The molecule has 2 rings (SSSR count). The molecule has 31 heavy (non-hydrogen) atoms. The summed E-state index contributed by atoms with van der Waals surface area (Å²) in [6, 6.07) is 0. The van der Waals surface area contributed by atoms with E-state index in [1.54, 1.807) is 45.9 Å². The molecule has 0 aromatic carbocycles. The molecule has 0 unspecified atom stereocenters. The zero-order valence-electron chi connectivity index (χ0n) is 18.2. The van der Waals surface area contributed by atoms with E-state index in [2.05, 4.69) is 0 Å². The molecule has 0 aliphatic carbocycles. The van der Waals surface area contributed by atoms with Crippen molar-refractivity contribution in [1.29, 1.82) is 0 Å². The molecule has 2 aliphatic heterocycles. The Morgan fingerprint density at radius 1 is 0.677 bits per heavy atom. The first kappa shape index (κ1) is 24.0. The molecule has 2 aliphatic rings. The van der Waals surface area contributed by atoms with Gasteiger partial charge in [-0.3, -0.25) is 0 Å². The highest BCUT2D eigenvalue weighted by Gasteiger charge is 2.43. The summed E-state index contributed by atoms with van der Waals surface area (Å²) in [5.41, 5.74) is -0.276. The van der Waals surface area contributed by atoms with E-state index in [-0.39, 0.29) is 11.1 Å². The van der Waals surface area contributed by atoms with Crippen LogP contribution in [0, 0.1) is 0 Å². The number of aliphatic hydroxyl groups excluding tert-OH is 1. The summed E-state index contributed by atoms with van der Waals surface area (Å²) in [5.74, 6) is -4.92. The third-order valence-electron chi connectivity index (χ3n) is 5.13. The summed E-state index contributed by atoms with van der Waals surface area (Å²) in [7, 11) is 0. The summed E-state index contributed by atoms with van der Waals surface area (Å²) < 4.78 is 21.2. The molecule has 0 saturated carbocycles. The number of hydrogen-bond acceptors (Lipinski definition) is 8. The quantitative estimate of drug-likeness (QED) is 0.265. The Kier molecular flexibility index (Phi) is 7.85. The topological polar surface area (TPSA) is 108 Å². The van der Waals surface area contributed by atoms with Crippen molar-refractivity contribution in [1.82, 2.24) is 0 Å². The zero-order valence-corrected chi connectivity index (χ0v) is 18.2. The fourth-order valence-corrected chi connectivity index (χ4v) is 2.96.